The van der Waals surface area contributed by atoms with Crippen molar-refractivity contribution < 1.29 is 9.84 Å². The third-order valence-electron chi connectivity index (χ3n) is 2.59. The van der Waals surface area contributed by atoms with Crippen LogP contribution in [0.3, 0.4) is 0 Å². The fourth-order valence-corrected chi connectivity index (χ4v) is 3.11. The number of thiazole rings is 1. The Morgan fingerprint density at radius 2 is 2.11 bits per heavy atom. The van der Waals surface area contributed by atoms with Crippen LogP contribution in [0.2, 0.25) is 0 Å². The molecule has 0 aliphatic carbocycles. The second-order valence-corrected chi connectivity index (χ2v) is 7.22. The van der Waals surface area contributed by atoms with Gasteiger partial charge in [-0.05, 0) is 24.5 Å². The van der Waals surface area contributed by atoms with Gasteiger partial charge >= 0.3 is 0 Å². The average molecular weight is 279 g/mol. The van der Waals surface area contributed by atoms with Crippen LogP contribution in [-0.4, -0.2) is 22.8 Å². The van der Waals surface area contributed by atoms with Crippen LogP contribution in [0.4, 0.5) is 0 Å². The number of ether oxygens (including phenoxy) is 1. The first-order chi connectivity index (χ1) is 8.85. The van der Waals surface area contributed by atoms with Crippen LogP contribution in [0.15, 0.2) is 18.2 Å². The van der Waals surface area contributed by atoms with Crippen molar-refractivity contribution in [3.63, 3.8) is 0 Å². The molecule has 1 heterocycles. The summed E-state index contributed by atoms with van der Waals surface area (Å²) in [5, 5.41) is 10.4. The number of nitrogens with zero attached hydrogens (tertiary/aromatic N) is 1. The average Bonchev–Trinajstić information content (AvgIpc) is 2.65. The number of rotatable bonds is 4. The van der Waals surface area contributed by atoms with E-state index in [1.807, 2.05) is 12.1 Å². The Hall–Kier alpha value is -1.13. The molecule has 104 valence electrons. The number of aliphatic hydroxyl groups is 1. The molecule has 0 spiro atoms. The van der Waals surface area contributed by atoms with Crippen molar-refractivity contribution in [2.75, 3.05) is 6.61 Å². The molecule has 4 heteroatoms. The van der Waals surface area contributed by atoms with Crippen LogP contribution < -0.4 is 4.74 Å². The fraction of sp³-hybridized carbons (Fsp3) is 0.533. The van der Waals surface area contributed by atoms with Crippen LogP contribution in [0.5, 0.6) is 5.75 Å². The molecular weight excluding hydrogens is 258 g/mol. The van der Waals surface area contributed by atoms with Crippen molar-refractivity contribution >= 4 is 21.6 Å². The van der Waals surface area contributed by atoms with Gasteiger partial charge in [-0.1, -0.05) is 26.8 Å². The van der Waals surface area contributed by atoms with Gasteiger partial charge in [0.2, 0.25) is 0 Å². The lowest BCUT2D eigenvalue weighted by atomic mass is 9.93. The number of para-hydroxylation sites is 1. The zero-order chi connectivity index (χ0) is 14.0. The number of aliphatic hydroxyl groups excluding tert-OH is 1. The molecule has 0 radical (unpaired) electrons. The summed E-state index contributed by atoms with van der Waals surface area (Å²) < 4.78 is 6.76. The maximum atomic E-state index is 9.30. The van der Waals surface area contributed by atoms with Crippen molar-refractivity contribution in [2.24, 2.45) is 5.41 Å². The SMILES string of the molecule is CC(O)COc1cccc2sc(CC(C)(C)C)nc12. The standard InChI is InChI=1S/C15H21NO2S/c1-10(17)9-18-11-6-5-7-12-14(11)16-13(19-12)8-15(2,3)4/h5-7,10,17H,8-9H2,1-4H3. The Balaban J connectivity index is 2.28. The summed E-state index contributed by atoms with van der Waals surface area (Å²) >= 11 is 1.72. The Kier molecular flexibility index (Phi) is 4.11. The maximum Gasteiger partial charge on any atom is 0.146 e. The fourth-order valence-electron chi connectivity index (χ4n) is 1.83. The highest BCUT2D eigenvalue weighted by Gasteiger charge is 2.16. The van der Waals surface area contributed by atoms with Crippen molar-refractivity contribution in [3.05, 3.63) is 23.2 Å². The molecule has 2 aromatic rings. The molecule has 0 bridgehead atoms. The molecule has 0 aliphatic heterocycles. The van der Waals surface area contributed by atoms with Crippen LogP contribution in [0.1, 0.15) is 32.7 Å². The Bertz CT molecular complexity index is 555. The number of fused-ring (bicyclic) bond motifs is 1. The maximum absolute atomic E-state index is 9.30. The van der Waals surface area contributed by atoms with E-state index in [1.54, 1.807) is 18.3 Å². The van der Waals surface area contributed by atoms with Crippen molar-refractivity contribution in [1.29, 1.82) is 0 Å². The highest BCUT2D eigenvalue weighted by atomic mass is 32.1. The lowest BCUT2D eigenvalue weighted by molar-refractivity contribution is 0.123. The summed E-state index contributed by atoms with van der Waals surface area (Å²) in [6, 6.07) is 5.94. The van der Waals surface area contributed by atoms with Crippen molar-refractivity contribution in [2.45, 2.75) is 40.2 Å². The summed E-state index contributed by atoms with van der Waals surface area (Å²) in [6.45, 7) is 8.65. The summed E-state index contributed by atoms with van der Waals surface area (Å²) in [5.74, 6) is 0.759. The van der Waals surface area contributed by atoms with Crippen LogP contribution in [-0.2, 0) is 6.42 Å². The zero-order valence-electron chi connectivity index (χ0n) is 11.9. The van der Waals surface area contributed by atoms with Gasteiger partial charge < -0.3 is 9.84 Å². The number of hydrogen-bond acceptors (Lipinski definition) is 4. The van der Waals surface area contributed by atoms with E-state index in [-0.39, 0.29) is 5.41 Å². The van der Waals surface area contributed by atoms with E-state index < -0.39 is 6.10 Å². The lowest BCUT2D eigenvalue weighted by Crippen LogP contribution is -2.12. The van der Waals surface area contributed by atoms with Crippen LogP contribution in [0, 0.1) is 5.41 Å². The first-order valence-electron chi connectivity index (χ1n) is 6.54. The van der Waals surface area contributed by atoms with E-state index in [1.165, 1.54) is 0 Å². The molecule has 1 aromatic carbocycles. The van der Waals surface area contributed by atoms with Crippen molar-refractivity contribution in [3.8, 4) is 5.75 Å². The minimum atomic E-state index is -0.470. The highest BCUT2D eigenvalue weighted by Crippen LogP contribution is 2.32. The number of hydrogen-bond donors (Lipinski definition) is 1. The van der Waals surface area contributed by atoms with Gasteiger partial charge in [-0.25, -0.2) is 4.98 Å². The molecule has 19 heavy (non-hydrogen) atoms. The van der Waals surface area contributed by atoms with E-state index in [0.717, 1.165) is 27.4 Å². The van der Waals surface area contributed by atoms with Gasteiger partial charge in [0.05, 0.1) is 15.8 Å². The van der Waals surface area contributed by atoms with E-state index in [9.17, 15) is 5.11 Å². The first-order valence-corrected chi connectivity index (χ1v) is 7.36. The molecular formula is C15H21NO2S. The molecule has 0 aliphatic rings. The minimum absolute atomic E-state index is 0.231. The normalized spacial score (nSPS) is 13.7. The third-order valence-corrected chi connectivity index (χ3v) is 3.61. The highest BCUT2D eigenvalue weighted by molar-refractivity contribution is 7.18. The lowest BCUT2D eigenvalue weighted by Gasteiger charge is -2.15. The molecule has 1 unspecified atom stereocenters. The zero-order valence-corrected chi connectivity index (χ0v) is 12.8. The van der Waals surface area contributed by atoms with E-state index in [0.29, 0.717) is 6.61 Å². The minimum Gasteiger partial charge on any atom is -0.489 e. The van der Waals surface area contributed by atoms with Gasteiger partial charge in [0.1, 0.15) is 17.9 Å². The summed E-state index contributed by atoms with van der Waals surface area (Å²) in [6.07, 6.45) is 0.491. The second kappa shape index (κ2) is 5.47. The third kappa shape index (κ3) is 3.91. The molecule has 1 aromatic heterocycles. The van der Waals surface area contributed by atoms with Gasteiger partial charge in [0.25, 0.3) is 0 Å². The molecule has 0 saturated heterocycles. The Labute approximate surface area is 118 Å². The van der Waals surface area contributed by atoms with Crippen LogP contribution >= 0.6 is 11.3 Å². The molecule has 0 fully saturated rings. The molecule has 2 rings (SSSR count). The molecule has 0 amide bonds. The van der Waals surface area contributed by atoms with E-state index in [2.05, 4.69) is 31.8 Å². The van der Waals surface area contributed by atoms with E-state index >= 15 is 0 Å². The topological polar surface area (TPSA) is 42.4 Å². The Morgan fingerprint density at radius 1 is 1.37 bits per heavy atom. The van der Waals surface area contributed by atoms with Gasteiger partial charge in [-0.2, -0.15) is 0 Å². The number of benzene rings is 1. The smallest absolute Gasteiger partial charge is 0.146 e. The summed E-state index contributed by atoms with van der Waals surface area (Å²) in [4.78, 5) is 4.69. The largest absolute Gasteiger partial charge is 0.489 e. The predicted molar refractivity (Wildman–Crippen MR) is 80.0 cm³/mol. The van der Waals surface area contributed by atoms with Gasteiger partial charge in [0.15, 0.2) is 0 Å². The molecule has 1 atom stereocenters. The van der Waals surface area contributed by atoms with Gasteiger partial charge in [0, 0.05) is 6.42 Å². The molecule has 3 nitrogen and oxygen atoms in total. The summed E-state index contributed by atoms with van der Waals surface area (Å²) in [7, 11) is 0. The van der Waals surface area contributed by atoms with Crippen molar-refractivity contribution in [1.82, 2.24) is 4.98 Å². The monoisotopic (exact) mass is 279 g/mol. The first kappa shape index (κ1) is 14.3. The van der Waals surface area contributed by atoms with E-state index in [4.69, 9.17) is 4.74 Å². The predicted octanol–water partition coefficient (Wildman–Crippen LogP) is 3.64. The van der Waals surface area contributed by atoms with Gasteiger partial charge in [-0.15, -0.1) is 11.3 Å². The molecule has 0 saturated carbocycles. The van der Waals surface area contributed by atoms with Crippen LogP contribution in [0.25, 0.3) is 10.2 Å². The Morgan fingerprint density at radius 3 is 2.74 bits per heavy atom. The summed E-state index contributed by atoms with van der Waals surface area (Å²) in [5.41, 5.74) is 1.14. The molecule has 1 N–H and O–H groups in total. The number of aromatic nitrogens is 1. The second-order valence-electron chi connectivity index (χ2n) is 6.11. The van der Waals surface area contributed by atoms with Gasteiger partial charge in [-0.3, -0.25) is 0 Å². The quantitative estimate of drug-likeness (QED) is 0.929.